The van der Waals surface area contributed by atoms with E-state index in [0.717, 1.165) is 41.9 Å². The molecule has 2 aromatic carbocycles. The molecule has 7 heteroatoms. The van der Waals surface area contributed by atoms with Crippen LogP contribution in [0.1, 0.15) is 51.8 Å². The van der Waals surface area contributed by atoms with Gasteiger partial charge in [-0.1, -0.05) is 35.9 Å². The minimum atomic E-state index is -0.0620. The highest BCUT2D eigenvalue weighted by molar-refractivity contribution is 6.30. The fourth-order valence-corrected chi connectivity index (χ4v) is 4.55. The number of likely N-dealkylation sites (tertiary alicyclic amines) is 1. The van der Waals surface area contributed by atoms with Gasteiger partial charge >= 0.3 is 0 Å². The standard InChI is InChI=1S/C26H24ClN5O/c27-22-5-1-4-20(14-22)15-23-16-28-17-24(30-23)25-6-2-13-32(25)26(33)21-9-7-19(8-10-21)18-31-12-3-11-29-31/h1,3-5,7-12,14,16-17,25H,2,6,13,15,18H2/t25-/m0/s1. The number of benzene rings is 2. The summed E-state index contributed by atoms with van der Waals surface area (Å²) in [6.45, 7) is 1.40. The molecule has 1 amide bonds. The third-order valence-corrected chi connectivity index (χ3v) is 6.17. The van der Waals surface area contributed by atoms with E-state index < -0.39 is 0 Å². The molecular weight excluding hydrogens is 434 g/mol. The van der Waals surface area contributed by atoms with Crippen LogP contribution in [-0.4, -0.2) is 37.1 Å². The first-order valence-corrected chi connectivity index (χ1v) is 11.5. The van der Waals surface area contributed by atoms with Gasteiger partial charge < -0.3 is 4.90 Å². The van der Waals surface area contributed by atoms with E-state index >= 15 is 0 Å². The summed E-state index contributed by atoms with van der Waals surface area (Å²) in [7, 11) is 0. The molecule has 2 aromatic heterocycles. The molecule has 0 unspecified atom stereocenters. The van der Waals surface area contributed by atoms with Crippen LogP contribution in [-0.2, 0) is 13.0 Å². The highest BCUT2D eigenvalue weighted by Crippen LogP contribution is 2.32. The Kier molecular flexibility index (Phi) is 6.17. The molecule has 1 atom stereocenters. The smallest absolute Gasteiger partial charge is 0.254 e. The summed E-state index contributed by atoms with van der Waals surface area (Å²) in [6, 6.07) is 17.4. The maximum absolute atomic E-state index is 13.3. The monoisotopic (exact) mass is 457 g/mol. The van der Waals surface area contributed by atoms with Gasteiger partial charge in [-0.05, 0) is 54.3 Å². The highest BCUT2D eigenvalue weighted by Gasteiger charge is 2.32. The molecular formula is C26H24ClN5O. The summed E-state index contributed by atoms with van der Waals surface area (Å²) in [4.78, 5) is 24.5. The van der Waals surface area contributed by atoms with Gasteiger partial charge in [0.25, 0.3) is 5.91 Å². The number of amides is 1. The molecule has 1 saturated heterocycles. The van der Waals surface area contributed by atoms with Crippen molar-refractivity contribution in [3.8, 4) is 0 Å². The average molecular weight is 458 g/mol. The van der Waals surface area contributed by atoms with Crippen LogP contribution in [0.15, 0.2) is 79.4 Å². The summed E-state index contributed by atoms with van der Waals surface area (Å²) < 4.78 is 1.86. The zero-order valence-corrected chi connectivity index (χ0v) is 18.9. The number of carbonyl (C=O) groups excluding carboxylic acids is 1. The molecule has 4 aromatic rings. The summed E-state index contributed by atoms with van der Waals surface area (Å²) in [5, 5.41) is 4.94. The van der Waals surface area contributed by atoms with Crippen LogP contribution >= 0.6 is 11.6 Å². The van der Waals surface area contributed by atoms with E-state index in [4.69, 9.17) is 16.6 Å². The van der Waals surface area contributed by atoms with Crippen molar-refractivity contribution in [1.82, 2.24) is 24.6 Å². The number of hydrogen-bond donors (Lipinski definition) is 0. The second-order valence-corrected chi connectivity index (χ2v) is 8.74. The Morgan fingerprint density at radius 1 is 1.06 bits per heavy atom. The molecule has 0 aliphatic carbocycles. The van der Waals surface area contributed by atoms with Crippen molar-refractivity contribution in [2.75, 3.05) is 6.54 Å². The third-order valence-electron chi connectivity index (χ3n) is 5.94. The van der Waals surface area contributed by atoms with Crippen molar-refractivity contribution in [3.05, 3.63) is 112 Å². The fraction of sp³-hybridized carbons (Fsp3) is 0.231. The molecule has 0 N–H and O–H groups in total. The molecule has 1 aliphatic heterocycles. The maximum atomic E-state index is 13.3. The van der Waals surface area contributed by atoms with Crippen molar-refractivity contribution < 1.29 is 4.79 Å². The Labute approximate surface area is 197 Å². The Morgan fingerprint density at radius 2 is 1.94 bits per heavy atom. The van der Waals surface area contributed by atoms with E-state index in [1.165, 1.54) is 0 Å². The third kappa shape index (κ3) is 4.96. The van der Waals surface area contributed by atoms with Crippen LogP contribution in [0.4, 0.5) is 0 Å². The zero-order valence-electron chi connectivity index (χ0n) is 18.1. The van der Waals surface area contributed by atoms with Crippen molar-refractivity contribution in [2.45, 2.75) is 31.8 Å². The molecule has 5 rings (SSSR count). The van der Waals surface area contributed by atoms with Gasteiger partial charge in [0.2, 0.25) is 0 Å². The summed E-state index contributed by atoms with van der Waals surface area (Å²) in [5.74, 6) is 0.0326. The van der Waals surface area contributed by atoms with E-state index in [1.807, 2.05) is 70.4 Å². The maximum Gasteiger partial charge on any atom is 0.254 e. The van der Waals surface area contributed by atoms with E-state index in [-0.39, 0.29) is 11.9 Å². The van der Waals surface area contributed by atoms with Crippen LogP contribution in [0.5, 0.6) is 0 Å². The van der Waals surface area contributed by atoms with Gasteiger partial charge in [-0.3, -0.25) is 19.4 Å². The SMILES string of the molecule is O=C(c1ccc(Cn2cccn2)cc1)N1CCC[C@H]1c1cncc(Cc2cccc(Cl)c2)n1. The van der Waals surface area contributed by atoms with E-state index in [1.54, 1.807) is 18.6 Å². The number of nitrogens with zero attached hydrogens (tertiary/aromatic N) is 5. The van der Waals surface area contributed by atoms with E-state index in [0.29, 0.717) is 23.6 Å². The van der Waals surface area contributed by atoms with Crippen molar-refractivity contribution >= 4 is 17.5 Å². The molecule has 3 heterocycles. The highest BCUT2D eigenvalue weighted by atomic mass is 35.5. The second kappa shape index (κ2) is 9.55. The topological polar surface area (TPSA) is 63.9 Å². The Balaban J connectivity index is 1.31. The second-order valence-electron chi connectivity index (χ2n) is 8.30. The van der Waals surface area contributed by atoms with Gasteiger partial charge in [0.05, 0.1) is 30.2 Å². The lowest BCUT2D eigenvalue weighted by Crippen LogP contribution is -2.31. The molecule has 166 valence electrons. The number of hydrogen-bond acceptors (Lipinski definition) is 4. The van der Waals surface area contributed by atoms with Crippen LogP contribution < -0.4 is 0 Å². The molecule has 0 bridgehead atoms. The molecule has 33 heavy (non-hydrogen) atoms. The Bertz CT molecular complexity index is 1240. The molecule has 1 aliphatic rings. The van der Waals surface area contributed by atoms with Crippen molar-refractivity contribution in [3.63, 3.8) is 0 Å². The summed E-state index contributed by atoms with van der Waals surface area (Å²) in [6.07, 6.45) is 9.74. The van der Waals surface area contributed by atoms with Gasteiger partial charge in [-0.25, -0.2) is 0 Å². The van der Waals surface area contributed by atoms with Gasteiger partial charge in [0, 0.05) is 42.1 Å². The van der Waals surface area contributed by atoms with Gasteiger partial charge in [-0.2, -0.15) is 5.10 Å². The molecule has 1 fully saturated rings. The first-order chi connectivity index (χ1) is 16.2. The lowest BCUT2D eigenvalue weighted by atomic mass is 10.1. The largest absolute Gasteiger partial charge is 0.330 e. The van der Waals surface area contributed by atoms with Gasteiger partial charge in [-0.15, -0.1) is 0 Å². The predicted octanol–water partition coefficient (Wildman–Crippen LogP) is 4.94. The average Bonchev–Trinajstić information content (AvgIpc) is 3.52. The molecule has 0 radical (unpaired) electrons. The Hall–Kier alpha value is -3.51. The fourth-order valence-electron chi connectivity index (χ4n) is 4.34. The van der Waals surface area contributed by atoms with Gasteiger partial charge in [0.15, 0.2) is 0 Å². The van der Waals surface area contributed by atoms with Crippen molar-refractivity contribution in [2.24, 2.45) is 0 Å². The molecule has 6 nitrogen and oxygen atoms in total. The van der Waals surface area contributed by atoms with Crippen LogP contribution in [0.25, 0.3) is 0 Å². The number of halogens is 1. The number of aromatic nitrogens is 4. The first-order valence-electron chi connectivity index (χ1n) is 11.1. The predicted molar refractivity (Wildman–Crippen MR) is 127 cm³/mol. The number of rotatable bonds is 6. The zero-order chi connectivity index (χ0) is 22.6. The normalized spacial score (nSPS) is 15.7. The lowest BCUT2D eigenvalue weighted by Gasteiger charge is -2.24. The Morgan fingerprint density at radius 3 is 2.73 bits per heavy atom. The van der Waals surface area contributed by atoms with E-state index in [9.17, 15) is 4.79 Å². The van der Waals surface area contributed by atoms with Crippen LogP contribution in [0.2, 0.25) is 5.02 Å². The minimum absolute atomic E-state index is 0.0326. The number of carbonyl (C=O) groups is 1. The summed E-state index contributed by atoms with van der Waals surface area (Å²) >= 11 is 6.12. The lowest BCUT2D eigenvalue weighted by molar-refractivity contribution is 0.0732. The summed E-state index contributed by atoms with van der Waals surface area (Å²) in [5.41, 5.74) is 4.60. The van der Waals surface area contributed by atoms with Gasteiger partial charge in [0.1, 0.15) is 0 Å². The van der Waals surface area contributed by atoms with Crippen molar-refractivity contribution in [1.29, 1.82) is 0 Å². The quantitative estimate of drug-likeness (QED) is 0.411. The molecule has 0 saturated carbocycles. The van der Waals surface area contributed by atoms with E-state index in [2.05, 4.69) is 10.1 Å². The first kappa shape index (κ1) is 21.3. The minimum Gasteiger partial charge on any atom is -0.330 e. The van der Waals surface area contributed by atoms with Crippen LogP contribution in [0, 0.1) is 0 Å². The molecule has 0 spiro atoms. The van der Waals surface area contributed by atoms with Crippen LogP contribution in [0.3, 0.4) is 0 Å².